The third-order valence-corrected chi connectivity index (χ3v) is 4.13. The first-order valence-electron chi connectivity index (χ1n) is 7.30. The number of amides is 1. The lowest BCUT2D eigenvalue weighted by Gasteiger charge is -2.26. The Kier molecular flexibility index (Phi) is 4.83. The van der Waals surface area contributed by atoms with Crippen LogP contribution in [0.25, 0.3) is 0 Å². The predicted molar refractivity (Wildman–Crippen MR) is 79.0 cm³/mol. The van der Waals surface area contributed by atoms with E-state index in [0.717, 1.165) is 24.1 Å². The molecule has 0 radical (unpaired) electrons. The number of hydrogen-bond acceptors (Lipinski definition) is 2. The molecule has 0 spiro atoms. The van der Waals surface area contributed by atoms with Crippen LogP contribution in [0.3, 0.4) is 0 Å². The summed E-state index contributed by atoms with van der Waals surface area (Å²) in [5.74, 6) is 0.148. The van der Waals surface area contributed by atoms with Crippen LogP contribution in [0.15, 0.2) is 24.3 Å². The molecule has 0 bridgehead atoms. The molecule has 0 saturated heterocycles. The zero-order valence-corrected chi connectivity index (χ0v) is 11.7. The predicted octanol–water partition coefficient (Wildman–Crippen LogP) is 3.23. The molecule has 2 rings (SSSR count). The van der Waals surface area contributed by atoms with E-state index in [2.05, 4.69) is 5.32 Å². The molecule has 1 aromatic rings. The summed E-state index contributed by atoms with van der Waals surface area (Å²) >= 11 is 0. The van der Waals surface area contributed by atoms with Crippen LogP contribution < -0.4 is 11.1 Å². The van der Waals surface area contributed by atoms with E-state index in [4.69, 9.17) is 5.73 Å². The number of nitrogens with two attached hydrogens (primary N) is 1. The maximum absolute atomic E-state index is 11.8. The van der Waals surface area contributed by atoms with Crippen molar-refractivity contribution in [3.8, 4) is 0 Å². The van der Waals surface area contributed by atoms with Crippen molar-refractivity contribution < 1.29 is 4.79 Å². The quantitative estimate of drug-likeness (QED) is 0.817. The number of carbonyl (C=O) groups excluding carboxylic acids is 1. The average molecular weight is 260 g/mol. The molecule has 3 nitrogen and oxygen atoms in total. The fraction of sp³-hybridized carbons (Fsp3) is 0.562. The highest BCUT2D eigenvalue weighted by molar-refractivity contribution is 5.83. The van der Waals surface area contributed by atoms with Crippen LogP contribution in [0.5, 0.6) is 0 Å². The molecule has 1 atom stereocenters. The van der Waals surface area contributed by atoms with Gasteiger partial charge in [-0.25, -0.2) is 0 Å². The third kappa shape index (κ3) is 3.72. The highest BCUT2D eigenvalue weighted by Crippen LogP contribution is 2.28. The highest BCUT2D eigenvalue weighted by Gasteiger charge is 2.27. The van der Waals surface area contributed by atoms with Crippen LogP contribution >= 0.6 is 0 Å². The van der Waals surface area contributed by atoms with Crippen LogP contribution in [0.1, 0.15) is 44.1 Å². The molecule has 1 aliphatic rings. The number of rotatable bonds is 4. The Morgan fingerprint density at radius 1 is 1.21 bits per heavy atom. The van der Waals surface area contributed by atoms with Gasteiger partial charge in [-0.1, -0.05) is 43.9 Å². The van der Waals surface area contributed by atoms with Crippen molar-refractivity contribution in [1.82, 2.24) is 0 Å². The smallest absolute Gasteiger partial charge is 0.240 e. The average Bonchev–Trinajstić information content (AvgIpc) is 2.66. The monoisotopic (exact) mass is 260 g/mol. The first-order chi connectivity index (χ1) is 9.18. The largest absolute Gasteiger partial charge is 0.373 e. The fourth-order valence-electron chi connectivity index (χ4n) is 2.97. The van der Waals surface area contributed by atoms with Crippen molar-refractivity contribution >= 4 is 11.6 Å². The van der Waals surface area contributed by atoms with Gasteiger partial charge in [-0.2, -0.15) is 0 Å². The molecule has 3 heteroatoms. The van der Waals surface area contributed by atoms with E-state index in [1.165, 1.54) is 25.7 Å². The summed E-state index contributed by atoms with van der Waals surface area (Å²) < 4.78 is 0. The molecule has 1 fully saturated rings. The van der Waals surface area contributed by atoms with Crippen molar-refractivity contribution in [3.05, 3.63) is 29.8 Å². The van der Waals surface area contributed by atoms with Gasteiger partial charge in [-0.05, 0) is 37.3 Å². The second-order valence-corrected chi connectivity index (χ2v) is 5.59. The molecule has 1 aromatic carbocycles. The zero-order chi connectivity index (χ0) is 13.7. The van der Waals surface area contributed by atoms with Crippen molar-refractivity contribution in [2.75, 3.05) is 5.32 Å². The number of nitrogens with one attached hydrogen (secondary N) is 1. The normalized spacial score (nSPS) is 18.6. The van der Waals surface area contributed by atoms with Crippen molar-refractivity contribution in [3.63, 3.8) is 0 Å². The summed E-state index contributed by atoms with van der Waals surface area (Å²) in [6.07, 6.45) is 7.20. The Bertz CT molecular complexity index is 423. The fourth-order valence-corrected chi connectivity index (χ4v) is 2.97. The highest BCUT2D eigenvalue weighted by atomic mass is 16.1. The standard InChI is InChI=1S/C16H24N2O/c1-12-8-6-7-11-14(12)18-15(16(17)19)13-9-4-2-3-5-10-13/h6-8,11,13,15,18H,2-5,9-10H2,1H3,(H2,17,19). The molecule has 1 saturated carbocycles. The SMILES string of the molecule is Cc1ccccc1NC(C(N)=O)C1CCCCCC1. The zero-order valence-electron chi connectivity index (χ0n) is 11.7. The van der Waals surface area contributed by atoms with Gasteiger partial charge in [-0.15, -0.1) is 0 Å². The summed E-state index contributed by atoms with van der Waals surface area (Å²) in [6.45, 7) is 2.05. The Morgan fingerprint density at radius 2 is 1.84 bits per heavy atom. The molecule has 1 amide bonds. The lowest BCUT2D eigenvalue weighted by Crippen LogP contribution is -2.41. The summed E-state index contributed by atoms with van der Waals surface area (Å²) in [5.41, 5.74) is 7.79. The van der Waals surface area contributed by atoms with E-state index in [1.807, 2.05) is 31.2 Å². The third-order valence-electron chi connectivity index (χ3n) is 4.13. The maximum Gasteiger partial charge on any atom is 0.240 e. The van der Waals surface area contributed by atoms with Crippen molar-refractivity contribution in [2.45, 2.75) is 51.5 Å². The van der Waals surface area contributed by atoms with Gasteiger partial charge >= 0.3 is 0 Å². The van der Waals surface area contributed by atoms with E-state index < -0.39 is 0 Å². The topological polar surface area (TPSA) is 55.1 Å². The number of hydrogen-bond donors (Lipinski definition) is 2. The van der Waals surface area contributed by atoms with Gasteiger partial charge in [0.2, 0.25) is 5.91 Å². The molecule has 1 aliphatic carbocycles. The molecule has 0 aromatic heterocycles. The molecule has 104 valence electrons. The Morgan fingerprint density at radius 3 is 2.42 bits per heavy atom. The number of anilines is 1. The summed E-state index contributed by atoms with van der Waals surface area (Å²) in [7, 11) is 0. The first-order valence-corrected chi connectivity index (χ1v) is 7.30. The Hall–Kier alpha value is -1.51. The number of para-hydroxylation sites is 1. The van der Waals surface area contributed by atoms with Gasteiger partial charge < -0.3 is 11.1 Å². The molecular formula is C16H24N2O. The van der Waals surface area contributed by atoms with E-state index in [9.17, 15) is 4.79 Å². The van der Waals surface area contributed by atoms with E-state index in [-0.39, 0.29) is 11.9 Å². The van der Waals surface area contributed by atoms with Crippen LogP contribution in [-0.2, 0) is 4.79 Å². The molecule has 19 heavy (non-hydrogen) atoms. The molecular weight excluding hydrogens is 236 g/mol. The van der Waals surface area contributed by atoms with E-state index in [0.29, 0.717) is 5.92 Å². The Balaban J connectivity index is 2.11. The Labute approximate surface area is 115 Å². The van der Waals surface area contributed by atoms with E-state index >= 15 is 0 Å². The molecule has 0 aliphatic heterocycles. The lowest BCUT2D eigenvalue weighted by molar-refractivity contribution is -0.119. The van der Waals surface area contributed by atoms with Crippen molar-refractivity contribution in [1.29, 1.82) is 0 Å². The van der Waals surface area contributed by atoms with Crippen molar-refractivity contribution in [2.24, 2.45) is 11.7 Å². The summed E-state index contributed by atoms with van der Waals surface area (Å²) in [5, 5.41) is 3.37. The van der Waals surface area contributed by atoms with Gasteiger partial charge in [0.1, 0.15) is 6.04 Å². The van der Waals surface area contributed by atoms with Gasteiger partial charge in [0.15, 0.2) is 0 Å². The summed E-state index contributed by atoms with van der Waals surface area (Å²) in [6, 6.07) is 7.82. The molecule has 0 heterocycles. The second-order valence-electron chi connectivity index (χ2n) is 5.59. The van der Waals surface area contributed by atoms with Gasteiger partial charge in [0.25, 0.3) is 0 Å². The number of benzene rings is 1. The van der Waals surface area contributed by atoms with Gasteiger partial charge in [0, 0.05) is 5.69 Å². The lowest BCUT2D eigenvalue weighted by atomic mass is 9.91. The molecule has 1 unspecified atom stereocenters. The second kappa shape index (κ2) is 6.60. The minimum absolute atomic E-state index is 0.227. The van der Waals surface area contributed by atoms with Crippen LogP contribution in [0.4, 0.5) is 5.69 Å². The molecule has 3 N–H and O–H groups in total. The van der Waals surface area contributed by atoms with E-state index in [1.54, 1.807) is 0 Å². The maximum atomic E-state index is 11.8. The van der Waals surface area contributed by atoms with Gasteiger partial charge in [0.05, 0.1) is 0 Å². The number of aryl methyl sites for hydroxylation is 1. The van der Waals surface area contributed by atoms with Crippen LogP contribution in [0, 0.1) is 12.8 Å². The summed E-state index contributed by atoms with van der Waals surface area (Å²) in [4.78, 5) is 11.8. The van der Waals surface area contributed by atoms with Crippen LogP contribution in [-0.4, -0.2) is 11.9 Å². The minimum Gasteiger partial charge on any atom is -0.373 e. The minimum atomic E-state index is -0.237. The first kappa shape index (κ1) is 13.9. The number of primary amides is 1. The van der Waals surface area contributed by atoms with Gasteiger partial charge in [-0.3, -0.25) is 4.79 Å². The number of carbonyl (C=O) groups is 1. The van der Waals surface area contributed by atoms with Crippen LogP contribution in [0.2, 0.25) is 0 Å².